The molecule has 5 rings (SSSR count). The number of hydrogen-bond donors (Lipinski definition) is 0. The van der Waals surface area contributed by atoms with Crippen molar-refractivity contribution in [1.29, 1.82) is 0 Å². The minimum absolute atomic E-state index is 0.116. The van der Waals surface area contributed by atoms with Crippen molar-refractivity contribution < 1.29 is 0 Å². The Hall–Kier alpha value is -2.75. The third kappa shape index (κ3) is 2.89. The zero-order valence-electron chi connectivity index (χ0n) is 14.7. The first-order chi connectivity index (χ1) is 13.2. The summed E-state index contributed by atoms with van der Waals surface area (Å²) in [5.74, 6) is 0. The van der Waals surface area contributed by atoms with E-state index in [1.807, 2.05) is 12.1 Å². The fourth-order valence-electron chi connectivity index (χ4n) is 3.39. The van der Waals surface area contributed by atoms with Crippen LogP contribution in [0.2, 0.25) is 0 Å². The highest BCUT2D eigenvalue weighted by atomic mass is 32.1. The van der Waals surface area contributed by atoms with Gasteiger partial charge in [0.2, 0.25) is 0 Å². The van der Waals surface area contributed by atoms with Crippen LogP contribution >= 0.6 is 22.7 Å². The fraction of sp³-hybridized carbons (Fsp3) is 0.0417. The van der Waals surface area contributed by atoms with Gasteiger partial charge in [-0.15, -0.1) is 11.3 Å². The second-order valence-electron chi connectivity index (χ2n) is 6.73. The molecule has 0 saturated heterocycles. The van der Waals surface area contributed by atoms with Gasteiger partial charge in [0.05, 0.1) is 0 Å². The Labute approximate surface area is 165 Å². The third-order valence-electron chi connectivity index (χ3n) is 4.91. The van der Waals surface area contributed by atoms with E-state index in [2.05, 4.69) is 72.3 Å². The number of aryl methyl sites for hydroxylation is 1. The van der Waals surface area contributed by atoms with Crippen LogP contribution in [0.25, 0.3) is 42.4 Å². The summed E-state index contributed by atoms with van der Waals surface area (Å²) < 4.78 is 2.07. The average Bonchev–Trinajstić information content (AvgIpc) is 3.23. The predicted octanol–water partition coefficient (Wildman–Crippen LogP) is 7.12. The molecule has 0 saturated carbocycles. The molecule has 0 bridgehead atoms. The Bertz CT molecular complexity index is 1330. The van der Waals surface area contributed by atoms with Crippen LogP contribution in [0.3, 0.4) is 0 Å². The summed E-state index contributed by atoms with van der Waals surface area (Å²) in [6, 6.07) is 23.0. The molecule has 3 aromatic carbocycles. The number of fused-ring (bicyclic) bond motifs is 2. The van der Waals surface area contributed by atoms with Crippen LogP contribution in [-0.2, 0) is 0 Å². The minimum Gasteiger partial charge on any atom is -0.289 e. The molecule has 0 fully saturated rings. The summed E-state index contributed by atoms with van der Waals surface area (Å²) >= 11 is 3.35. The Kier molecular flexibility index (Phi) is 3.92. The summed E-state index contributed by atoms with van der Waals surface area (Å²) in [4.78, 5) is 13.3. The number of hydrogen-bond acceptors (Lipinski definition) is 3. The van der Waals surface area contributed by atoms with E-state index in [0.29, 0.717) is 0 Å². The highest BCUT2D eigenvalue weighted by molar-refractivity contribution is 7.24. The largest absolute Gasteiger partial charge is 0.289 e. The second kappa shape index (κ2) is 6.45. The molecule has 0 N–H and O–H groups in total. The third-order valence-corrected chi connectivity index (χ3v) is 6.74. The van der Waals surface area contributed by atoms with Crippen LogP contribution in [0.5, 0.6) is 0 Å². The molecule has 5 aromatic rings. The molecular formula is C24H16OS2. The number of benzene rings is 3. The zero-order chi connectivity index (χ0) is 18.4. The smallest absolute Gasteiger partial charge is 0.195 e. The van der Waals surface area contributed by atoms with Gasteiger partial charge in [-0.05, 0) is 70.3 Å². The van der Waals surface area contributed by atoms with Crippen molar-refractivity contribution in [2.45, 2.75) is 6.92 Å². The van der Waals surface area contributed by atoms with Gasteiger partial charge in [0.25, 0.3) is 0 Å². The average molecular weight is 385 g/mol. The Morgan fingerprint density at radius 1 is 0.667 bits per heavy atom. The molecule has 0 unspecified atom stereocenters. The van der Waals surface area contributed by atoms with Crippen LogP contribution in [0, 0.1) is 6.92 Å². The molecular weight excluding hydrogens is 368 g/mol. The lowest BCUT2D eigenvalue weighted by molar-refractivity contribution is 1.47. The van der Waals surface area contributed by atoms with Crippen molar-refractivity contribution in [2.24, 2.45) is 0 Å². The standard InChI is InChI=1S/C24H16OS2/c1-15-2-4-16(5-3-15)17-6-8-22-20(12-17)24(25)21-13-18(7-9-23(21)27-22)19-10-11-26-14-19/h2-14H,1H3. The maximum Gasteiger partial charge on any atom is 0.195 e. The van der Waals surface area contributed by atoms with Crippen LogP contribution in [-0.4, -0.2) is 0 Å². The van der Waals surface area contributed by atoms with Crippen LogP contribution in [0.15, 0.2) is 82.3 Å². The maximum absolute atomic E-state index is 13.3. The highest BCUT2D eigenvalue weighted by Gasteiger charge is 2.09. The molecule has 0 aliphatic carbocycles. The van der Waals surface area contributed by atoms with Crippen LogP contribution in [0.4, 0.5) is 0 Å². The Morgan fingerprint density at radius 3 is 1.85 bits per heavy atom. The van der Waals surface area contributed by atoms with Gasteiger partial charge in [-0.25, -0.2) is 0 Å². The minimum atomic E-state index is 0.116. The van der Waals surface area contributed by atoms with Gasteiger partial charge in [0.1, 0.15) is 0 Å². The highest BCUT2D eigenvalue weighted by Crippen LogP contribution is 2.31. The van der Waals surface area contributed by atoms with E-state index in [1.165, 1.54) is 11.1 Å². The fourth-order valence-corrected chi connectivity index (χ4v) is 5.09. The van der Waals surface area contributed by atoms with Crippen molar-refractivity contribution in [1.82, 2.24) is 0 Å². The predicted molar refractivity (Wildman–Crippen MR) is 119 cm³/mol. The zero-order valence-corrected chi connectivity index (χ0v) is 16.4. The molecule has 1 nitrogen and oxygen atoms in total. The lowest BCUT2D eigenvalue weighted by atomic mass is 10.0. The molecule has 2 heterocycles. The van der Waals surface area contributed by atoms with E-state index in [9.17, 15) is 4.79 Å². The van der Waals surface area contributed by atoms with Gasteiger partial charge in [0.15, 0.2) is 5.43 Å². The molecule has 0 atom stereocenters. The molecule has 0 radical (unpaired) electrons. The van der Waals surface area contributed by atoms with Crippen LogP contribution < -0.4 is 5.43 Å². The lowest BCUT2D eigenvalue weighted by Gasteiger charge is -2.07. The van der Waals surface area contributed by atoms with E-state index in [1.54, 1.807) is 22.7 Å². The van der Waals surface area contributed by atoms with E-state index < -0.39 is 0 Å². The molecule has 130 valence electrons. The van der Waals surface area contributed by atoms with Gasteiger partial charge in [0, 0.05) is 20.2 Å². The van der Waals surface area contributed by atoms with E-state index in [-0.39, 0.29) is 5.43 Å². The van der Waals surface area contributed by atoms with Crippen molar-refractivity contribution in [3.05, 3.63) is 93.3 Å². The molecule has 0 aliphatic rings. The summed E-state index contributed by atoms with van der Waals surface area (Å²) in [6.45, 7) is 2.08. The van der Waals surface area contributed by atoms with Crippen molar-refractivity contribution in [3.8, 4) is 22.3 Å². The van der Waals surface area contributed by atoms with E-state index >= 15 is 0 Å². The number of thiophene rings is 1. The second-order valence-corrected chi connectivity index (χ2v) is 8.59. The number of rotatable bonds is 2. The van der Waals surface area contributed by atoms with Gasteiger partial charge in [-0.2, -0.15) is 11.3 Å². The topological polar surface area (TPSA) is 17.1 Å². The van der Waals surface area contributed by atoms with Gasteiger partial charge >= 0.3 is 0 Å². The summed E-state index contributed by atoms with van der Waals surface area (Å²) in [5.41, 5.74) is 5.84. The summed E-state index contributed by atoms with van der Waals surface area (Å²) in [5, 5.41) is 5.78. The monoisotopic (exact) mass is 384 g/mol. The lowest BCUT2D eigenvalue weighted by Crippen LogP contribution is -2.01. The first-order valence-corrected chi connectivity index (χ1v) is 10.6. The van der Waals surface area contributed by atoms with Gasteiger partial charge in [-0.1, -0.05) is 42.0 Å². The van der Waals surface area contributed by atoms with E-state index in [0.717, 1.165) is 36.9 Å². The SMILES string of the molecule is Cc1ccc(-c2ccc3sc4ccc(-c5ccsc5)cc4c(=O)c3c2)cc1. The maximum atomic E-state index is 13.3. The summed E-state index contributed by atoms with van der Waals surface area (Å²) in [6.07, 6.45) is 0. The van der Waals surface area contributed by atoms with Crippen molar-refractivity contribution in [3.63, 3.8) is 0 Å². The molecule has 0 spiro atoms. The first-order valence-electron chi connectivity index (χ1n) is 8.79. The van der Waals surface area contributed by atoms with Crippen molar-refractivity contribution in [2.75, 3.05) is 0 Å². The molecule has 27 heavy (non-hydrogen) atoms. The Morgan fingerprint density at radius 2 is 1.26 bits per heavy atom. The Balaban J connectivity index is 1.73. The molecule has 0 amide bonds. The van der Waals surface area contributed by atoms with E-state index in [4.69, 9.17) is 0 Å². The first kappa shape index (κ1) is 16.4. The quantitative estimate of drug-likeness (QED) is 0.296. The summed E-state index contributed by atoms with van der Waals surface area (Å²) in [7, 11) is 0. The van der Waals surface area contributed by atoms with Gasteiger partial charge < -0.3 is 0 Å². The normalized spacial score (nSPS) is 11.3. The van der Waals surface area contributed by atoms with Crippen LogP contribution in [0.1, 0.15) is 5.56 Å². The van der Waals surface area contributed by atoms with Crippen molar-refractivity contribution >= 4 is 42.8 Å². The van der Waals surface area contributed by atoms with Gasteiger partial charge in [-0.3, -0.25) is 4.79 Å². The molecule has 0 aliphatic heterocycles. The molecule has 2 aromatic heterocycles. The molecule has 3 heteroatoms.